The van der Waals surface area contributed by atoms with Gasteiger partial charge in [0.25, 0.3) is 11.8 Å². The van der Waals surface area contributed by atoms with E-state index in [9.17, 15) is 9.59 Å². The molecular weight excluding hydrogens is 298 g/mol. The molecule has 0 atom stereocenters. The average molecular weight is 315 g/mol. The van der Waals surface area contributed by atoms with E-state index in [1.165, 1.54) is 11.3 Å². The lowest BCUT2D eigenvalue weighted by atomic mass is 10.1. The van der Waals surface area contributed by atoms with Crippen molar-refractivity contribution in [2.45, 2.75) is 13.8 Å². The Bertz CT molecular complexity index is 693. The molecule has 114 valence electrons. The molecule has 0 spiro atoms. The Balaban J connectivity index is 1.80. The summed E-state index contributed by atoms with van der Waals surface area (Å²) in [6, 6.07) is 9.22. The van der Waals surface area contributed by atoms with Crippen LogP contribution in [0.2, 0.25) is 0 Å². The van der Waals surface area contributed by atoms with Gasteiger partial charge in [0.15, 0.2) is 0 Å². The first-order chi connectivity index (χ1) is 10.6. The van der Waals surface area contributed by atoms with Crippen molar-refractivity contribution >= 4 is 29.4 Å². The highest BCUT2D eigenvalue weighted by atomic mass is 32.1. The number of hydrazone groups is 1. The summed E-state index contributed by atoms with van der Waals surface area (Å²) in [5.41, 5.74) is 5.07. The van der Waals surface area contributed by atoms with Gasteiger partial charge in [-0.25, -0.2) is 5.43 Å². The van der Waals surface area contributed by atoms with Gasteiger partial charge in [0, 0.05) is 10.4 Å². The second kappa shape index (κ2) is 7.51. The maximum atomic E-state index is 11.9. The molecule has 2 rings (SSSR count). The Labute approximate surface area is 133 Å². The summed E-state index contributed by atoms with van der Waals surface area (Å²) < 4.78 is 0. The Morgan fingerprint density at radius 2 is 2.05 bits per heavy atom. The molecule has 2 aromatic rings. The standard InChI is InChI=1S/C16H17N3O2S/c1-11-5-6-13(8-12(11)2)16(21)17-10-15(20)19-18-9-14-4-3-7-22-14/h3-9H,10H2,1-2H3,(H,17,21)(H,19,20)/b18-9+. The van der Waals surface area contributed by atoms with E-state index in [-0.39, 0.29) is 18.4 Å². The molecule has 22 heavy (non-hydrogen) atoms. The minimum atomic E-state index is -0.370. The second-order valence-electron chi connectivity index (χ2n) is 4.79. The minimum absolute atomic E-state index is 0.118. The molecule has 1 heterocycles. The fourth-order valence-electron chi connectivity index (χ4n) is 1.72. The number of rotatable bonds is 5. The summed E-state index contributed by atoms with van der Waals surface area (Å²) in [5.74, 6) is -0.648. The lowest BCUT2D eigenvalue weighted by Crippen LogP contribution is -2.34. The van der Waals surface area contributed by atoms with Gasteiger partial charge < -0.3 is 5.32 Å². The van der Waals surface area contributed by atoms with E-state index in [1.807, 2.05) is 37.4 Å². The van der Waals surface area contributed by atoms with Crippen molar-refractivity contribution < 1.29 is 9.59 Å². The molecule has 0 saturated heterocycles. The van der Waals surface area contributed by atoms with E-state index in [1.54, 1.807) is 18.3 Å². The van der Waals surface area contributed by atoms with Crippen molar-refractivity contribution in [3.8, 4) is 0 Å². The summed E-state index contributed by atoms with van der Waals surface area (Å²) in [4.78, 5) is 24.5. The van der Waals surface area contributed by atoms with Crippen LogP contribution in [-0.4, -0.2) is 24.6 Å². The van der Waals surface area contributed by atoms with Gasteiger partial charge in [0.1, 0.15) is 0 Å². The molecule has 0 radical (unpaired) electrons. The molecule has 0 aliphatic carbocycles. The first-order valence-electron chi connectivity index (χ1n) is 6.77. The molecule has 0 aliphatic rings. The van der Waals surface area contributed by atoms with Crippen LogP contribution in [-0.2, 0) is 4.79 Å². The number of hydrogen-bond donors (Lipinski definition) is 2. The smallest absolute Gasteiger partial charge is 0.259 e. The van der Waals surface area contributed by atoms with Crippen LogP contribution in [0.1, 0.15) is 26.4 Å². The van der Waals surface area contributed by atoms with Crippen LogP contribution in [0.5, 0.6) is 0 Å². The van der Waals surface area contributed by atoms with Gasteiger partial charge in [-0.05, 0) is 48.6 Å². The van der Waals surface area contributed by atoms with Crippen LogP contribution in [0, 0.1) is 13.8 Å². The van der Waals surface area contributed by atoms with E-state index in [2.05, 4.69) is 15.8 Å². The highest BCUT2D eigenvalue weighted by molar-refractivity contribution is 7.11. The number of amides is 2. The number of nitrogens with zero attached hydrogens (tertiary/aromatic N) is 1. The molecule has 0 aliphatic heterocycles. The first-order valence-corrected chi connectivity index (χ1v) is 7.65. The Hall–Kier alpha value is -2.47. The summed E-state index contributed by atoms with van der Waals surface area (Å²) in [5, 5.41) is 8.32. The maximum absolute atomic E-state index is 11.9. The van der Waals surface area contributed by atoms with Crippen molar-refractivity contribution in [3.05, 3.63) is 57.3 Å². The Morgan fingerprint density at radius 3 is 2.73 bits per heavy atom. The Morgan fingerprint density at radius 1 is 1.23 bits per heavy atom. The zero-order valence-corrected chi connectivity index (χ0v) is 13.2. The van der Waals surface area contributed by atoms with Gasteiger partial charge in [0.2, 0.25) is 0 Å². The number of carbonyl (C=O) groups is 2. The molecule has 0 fully saturated rings. The molecule has 2 N–H and O–H groups in total. The average Bonchev–Trinajstić information content (AvgIpc) is 3.01. The largest absolute Gasteiger partial charge is 0.343 e. The topological polar surface area (TPSA) is 70.6 Å². The molecule has 2 amide bonds. The fraction of sp³-hybridized carbons (Fsp3) is 0.188. The monoisotopic (exact) mass is 315 g/mol. The highest BCUT2D eigenvalue weighted by Gasteiger charge is 2.08. The molecular formula is C16H17N3O2S. The van der Waals surface area contributed by atoms with Crippen molar-refractivity contribution in [3.63, 3.8) is 0 Å². The third-order valence-electron chi connectivity index (χ3n) is 3.10. The van der Waals surface area contributed by atoms with Crippen LogP contribution in [0.3, 0.4) is 0 Å². The number of thiophene rings is 1. The fourth-order valence-corrected chi connectivity index (χ4v) is 2.30. The van der Waals surface area contributed by atoms with Gasteiger partial charge in [-0.15, -0.1) is 11.3 Å². The third-order valence-corrected chi connectivity index (χ3v) is 3.91. The second-order valence-corrected chi connectivity index (χ2v) is 5.77. The van der Waals surface area contributed by atoms with Crippen LogP contribution in [0.4, 0.5) is 0 Å². The zero-order valence-electron chi connectivity index (χ0n) is 12.4. The first kappa shape index (κ1) is 15.9. The number of aryl methyl sites for hydroxylation is 2. The van der Waals surface area contributed by atoms with E-state index in [0.717, 1.165) is 16.0 Å². The van der Waals surface area contributed by atoms with E-state index >= 15 is 0 Å². The van der Waals surface area contributed by atoms with Crippen molar-refractivity contribution in [2.75, 3.05) is 6.54 Å². The molecule has 0 saturated carbocycles. The predicted octanol–water partition coefficient (Wildman–Crippen LogP) is 2.25. The predicted molar refractivity (Wildman–Crippen MR) is 88.3 cm³/mol. The van der Waals surface area contributed by atoms with Crippen LogP contribution < -0.4 is 10.7 Å². The molecule has 6 heteroatoms. The number of nitrogens with one attached hydrogen (secondary N) is 2. The normalized spacial score (nSPS) is 10.6. The molecule has 5 nitrogen and oxygen atoms in total. The van der Waals surface area contributed by atoms with Crippen molar-refractivity contribution in [2.24, 2.45) is 5.10 Å². The number of carbonyl (C=O) groups excluding carboxylic acids is 2. The van der Waals surface area contributed by atoms with E-state index in [0.29, 0.717) is 5.56 Å². The van der Waals surface area contributed by atoms with Gasteiger partial charge in [-0.3, -0.25) is 9.59 Å². The van der Waals surface area contributed by atoms with Crippen LogP contribution in [0.15, 0.2) is 40.8 Å². The van der Waals surface area contributed by atoms with Crippen molar-refractivity contribution in [1.29, 1.82) is 0 Å². The van der Waals surface area contributed by atoms with Gasteiger partial charge >= 0.3 is 0 Å². The van der Waals surface area contributed by atoms with Crippen molar-refractivity contribution in [1.82, 2.24) is 10.7 Å². The number of hydrogen-bond acceptors (Lipinski definition) is 4. The quantitative estimate of drug-likeness (QED) is 0.656. The molecule has 0 unspecified atom stereocenters. The Kier molecular flexibility index (Phi) is 5.43. The summed E-state index contributed by atoms with van der Waals surface area (Å²) in [6.45, 7) is 3.81. The molecule has 1 aromatic carbocycles. The molecule has 0 bridgehead atoms. The summed E-state index contributed by atoms with van der Waals surface area (Å²) >= 11 is 1.52. The third kappa shape index (κ3) is 4.53. The summed E-state index contributed by atoms with van der Waals surface area (Å²) in [6.07, 6.45) is 1.56. The minimum Gasteiger partial charge on any atom is -0.343 e. The van der Waals surface area contributed by atoms with Gasteiger partial charge in [-0.1, -0.05) is 12.1 Å². The summed E-state index contributed by atoms with van der Waals surface area (Å²) in [7, 11) is 0. The highest BCUT2D eigenvalue weighted by Crippen LogP contribution is 2.09. The maximum Gasteiger partial charge on any atom is 0.259 e. The zero-order chi connectivity index (χ0) is 15.9. The van der Waals surface area contributed by atoms with E-state index < -0.39 is 0 Å². The van der Waals surface area contributed by atoms with Crippen LogP contribution in [0.25, 0.3) is 0 Å². The van der Waals surface area contributed by atoms with Gasteiger partial charge in [0.05, 0.1) is 12.8 Å². The lowest BCUT2D eigenvalue weighted by Gasteiger charge is -2.06. The lowest BCUT2D eigenvalue weighted by molar-refractivity contribution is -0.120. The SMILES string of the molecule is Cc1ccc(C(=O)NCC(=O)N/N=C/c2cccs2)cc1C. The van der Waals surface area contributed by atoms with E-state index in [4.69, 9.17) is 0 Å². The number of benzene rings is 1. The molecule has 1 aromatic heterocycles. The van der Waals surface area contributed by atoms with Gasteiger partial charge in [-0.2, -0.15) is 5.10 Å². The van der Waals surface area contributed by atoms with Crippen LogP contribution >= 0.6 is 11.3 Å².